The van der Waals surface area contributed by atoms with Crippen LogP contribution >= 0.6 is 23.7 Å². The lowest BCUT2D eigenvalue weighted by molar-refractivity contribution is 0.401. The Labute approximate surface area is 122 Å². The van der Waals surface area contributed by atoms with Crippen LogP contribution < -0.4 is 11.1 Å². The molecule has 2 rings (SSSR count). The predicted molar refractivity (Wildman–Crippen MR) is 80.0 cm³/mol. The Morgan fingerprint density at radius 3 is 2.74 bits per heavy atom. The zero-order valence-electron chi connectivity index (χ0n) is 10.8. The first-order valence-corrected chi connectivity index (χ1v) is 6.50. The van der Waals surface area contributed by atoms with E-state index in [0.717, 1.165) is 10.4 Å². The number of nitrogens with two attached hydrogens (primary N) is 1. The Kier molecular flexibility index (Phi) is 5.29. The van der Waals surface area contributed by atoms with E-state index in [2.05, 4.69) is 10.3 Å². The number of benzene rings is 1. The van der Waals surface area contributed by atoms with Gasteiger partial charge in [0, 0.05) is 23.2 Å². The Balaban J connectivity index is 0.00000180. The number of thiazole rings is 1. The third kappa shape index (κ3) is 4.16. The average Bonchev–Trinajstić information content (AvgIpc) is 2.73. The van der Waals surface area contributed by atoms with Gasteiger partial charge < -0.3 is 11.1 Å². The summed E-state index contributed by atoms with van der Waals surface area (Å²) in [4.78, 5) is 5.07. The normalized spacial score (nSPS) is 11.1. The van der Waals surface area contributed by atoms with Crippen molar-refractivity contribution in [2.45, 2.75) is 25.9 Å². The van der Waals surface area contributed by atoms with Crippen LogP contribution in [0.1, 0.15) is 24.3 Å². The van der Waals surface area contributed by atoms with Gasteiger partial charge in [-0.05, 0) is 31.5 Å². The Morgan fingerprint density at radius 2 is 2.16 bits per heavy atom. The lowest BCUT2D eigenvalue weighted by Gasteiger charge is -2.26. The molecule has 0 aliphatic carbocycles. The summed E-state index contributed by atoms with van der Waals surface area (Å²) in [6.07, 6.45) is 1.76. The molecule has 0 amide bonds. The highest BCUT2D eigenvalue weighted by molar-refractivity contribution is 7.15. The summed E-state index contributed by atoms with van der Waals surface area (Å²) in [5, 5.41) is 3.95. The highest BCUT2D eigenvalue weighted by atomic mass is 35.5. The van der Waals surface area contributed by atoms with Gasteiger partial charge in [0.15, 0.2) is 5.13 Å². The molecule has 0 fully saturated rings. The minimum atomic E-state index is -0.305. The standard InChI is InChI=1S/C13H16FN3S.ClH/c1-13(2,9-4-3-5-10(14)6-9)17-8-11-7-16-12(15)18-11;/h3-7,17H,8H2,1-2H3,(H2,15,16);1H. The number of hydrogen-bond acceptors (Lipinski definition) is 4. The first kappa shape index (κ1) is 15.9. The fourth-order valence-electron chi connectivity index (χ4n) is 1.69. The van der Waals surface area contributed by atoms with Gasteiger partial charge in [-0.3, -0.25) is 0 Å². The van der Waals surface area contributed by atoms with Crippen molar-refractivity contribution in [2.75, 3.05) is 5.73 Å². The smallest absolute Gasteiger partial charge is 0.180 e. The maximum atomic E-state index is 13.2. The van der Waals surface area contributed by atoms with Crippen LogP contribution in [-0.4, -0.2) is 4.98 Å². The van der Waals surface area contributed by atoms with E-state index in [9.17, 15) is 4.39 Å². The molecule has 1 aromatic carbocycles. The SMILES string of the molecule is CC(C)(NCc1cnc(N)s1)c1cccc(F)c1.Cl. The van der Waals surface area contributed by atoms with E-state index in [4.69, 9.17) is 5.73 Å². The van der Waals surface area contributed by atoms with Crippen molar-refractivity contribution >= 4 is 28.9 Å². The zero-order chi connectivity index (χ0) is 13.2. The van der Waals surface area contributed by atoms with Crippen LogP contribution in [0.2, 0.25) is 0 Å². The van der Waals surface area contributed by atoms with Gasteiger partial charge in [0.05, 0.1) is 0 Å². The first-order valence-electron chi connectivity index (χ1n) is 5.68. The quantitative estimate of drug-likeness (QED) is 0.911. The van der Waals surface area contributed by atoms with Crippen LogP contribution in [0.25, 0.3) is 0 Å². The molecule has 6 heteroatoms. The monoisotopic (exact) mass is 301 g/mol. The third-order valence-electron chi connectivity index (χ3n) is 2.82. The summed E-state index contributed by atoms with van der Waals surface area (Å²) in [6, 6.07) is 6.63. The molecule has 3 nitrogen and oxygen atoms in total. The van der Waals surface area contributed by atoms with Gasteiger partial charge in [0.2, 0.25) is 0 Å². The predicted octanol–water partition coefficient (Wildman–Crippen LogP) is 3.31. The summed E-state index contributed by atoms with van der Waals surface area (Å²) in [5.74, 6) is -0.218. The van der Waals surface area contributed by atoms with Crippen molar-refractivity contribution in [3.05, 3.63) is 46.7 Å². The van der Waals surface area contributed by atoms with Crippen molar-refractivity contribution in [1.82, 2.24) is 10.3 Å². The van der Waals surface area contributed by atoms with Crippen LogP contribution in [-0.2, 0) is 12.1 Å². The fourth-order valence-corrected chi connectivity index (χ4v) is 2.32. The largest absolute Gasteiger partial charge is 0.375 e. The molecular weight excluding hydrogens is 285 g/mol. The molecule has 0 aliphatic heterocycles. The molecule has 104 valence electrons. The van der Waals surface area contributed by atoms with Gasteiger partial charge in [-0.15, -0.1) is 23.7 Å². The topological polar surface area (TPSA) is 50.9 Å². The number of hydrogen-bond donors (Lipinski definition) is 2. The van der Waals surface area contributed by atoms with Crippen LogP contribution in [0.5, 0.6) is 0 Å². The van der Waals surface area contributed by atoms with Gasteiger partial charge in [0.25, 0.3) is 0 Å². The molecule has 0 radical (unpaired) electrons. The molecule has 0 atom stereocenters. The molecule has 0 saturated heterocycles. The molecular formula is C13H17ClFN3S. The number of rotatable bonds is 4. The summed E-state index contributed by atoms with van der Waals surface area (Å²) in [5.41, 5.74) is 6.19. The molecule has 0 saturated carbocycles. The summed E-state index contributed by atoms with van der Waals surface area (Å²) in [7, 11) is 0. The third-order valence-corrected chi connectivity index (χ3v) is 3.65. The number of nitrogens with zero attached hydrogens (tertiary/aromatic N) is 1. The number of halogens is 2. The molecule has 2 aromatic rings. The highest BCUT2D eigenvalue weighted by Gasteiger charge is 2.20. The van der Waals surface area contributed by atoms with Crippen LogP contribution in [0.15, 0.2) is 30.5 Å². The number of aromatic nitrogens is 1. The first-order chi connectivity index (χ1) is 8.47. The molecule has 0 spiro atoms. The van der Waals surface area contributed by atoms with E-state index in [1.54, 1.807) is 18.3 Å². The van der Waals surface area contributed by atoms with Gasteiger partial charge in [-0.25, -0.2) is 9.37 Å². The van der Waals surface area contributed by atoms with Crippen molar-refractivity contribution in [1.29, 1.82) is 0 Å². The van der Waals surface area contributed by atoms with Crippen LogP contribution in [0.4, 0.5) is 9.52 Å². The Morgan fingerprint density at radius 1 is 1.42 bits per heavy atom. The maximum absolute atomic E-state index is 13.2. The van der Waals surface area contributed by atoms with Crippen LogP contribution in [0, 0.1) is 5.82 Å². The van der Waals surface area contributed by atoms with Crippen molar-refractivity contribution in [3.8, 4) is 0 Å². The van der Waals surface area contributed by atoms with E-state index in [1.165, 1.54) is 17.4 Å². The number of anilines is 1. The minimum absolute atomic E-state index is 0. The van der Waals surface area contributed by atoms with Gasteiger partial charge >= 0.3 is 0 Å². The van der Waals surface area contributed by atoms with E-state index in [1.807, 2.05) is 19.9 Å². The summed E-state index contributed by atoms with van der Waals surface area (Å²) >= 11 is 1.46. The Bertz CT molecular complexity index is 542. The van der Waals surface area contributed by atoms with E-state index < -0.39 is 0 Å². The van der Waals surface area contributed by atoms with Crippen molar-refractivity contribution in [2.24, 2.45) is 0 Å². The molecule has 3 N–H and O–H groups in total. The van der Waals surface area contributed by atoms with Gasteiger partial charge in [0.1, 0.15) is 5.82 Å². The lowest BCUT2D eigenvalue weighted by Crippen LogP contribution is -2.35. The summed E-state index contributed by atoms with van der Waals surface area (Å²) in [6.45, 7) is 4.71. The van der Waals surface area contributed by atoms with E-state index in [-0.39, 0.29) is 23.8 Å². The average molecular weight is 302 g/mol. The minimum Gasteiger partial charge on any atom is -0.375 e. The highest BCUT2D eigenvalue weighted by Crippen LogP contribution is 2.22. The number of nitrogens with one attached hydrogen (secondary N) is 1. The fraction of sp³-hybridized carbons (Fsp3) is 0.308. The Hall–Kier alpha value is -1.17. The van der Waals surface area contributed by atoms with Crippen LogP contribution in [0.3, 0.4) is 0 Å². The maximum Gasteiger partial charge on any atom is 0.180 e. The van der Waals surface area contributed by atoms with Gasteiger partial charge in [-0.1, -0.05) is 12.1 Å². The number of nitrogen functional groups attached to an aromatic ring is 1. The molecule has 19 heavy (non-hydrogen) atoms. The molecule has 1 aromatic heterocycles. The second-order valence-electron chi connectivity index (χ2n) is 4.65. The molecule has 1 heterocycles. The molecule has 0 aliphatic rings. The molecule has 0 bridgehead atoms. The second kappa shape index (κ2) is 6.32. The van der Waals surface area contributed by atoms with Crippen molar-refractivity contribution < 1.29 is 4.39 Å². The second-order valence-corrected chi connectivity index (χ2v) is 5.80. The zero-order valence-corrected chi connectivity index (χ0v) is 12.4. The van der Waals surface area contributed by atoms with Crippen molar-refractivity contribution in [3.63, 3.8) is 0 Å². The molecule has 0 unspecified atom stereocenters. The van der Waals surface area contributed by atoms with E-state index >= 15 is 0 Å². The lowest BCUT2D eigenvalue weighted by atomic mass is 9.94. The van der Waals surface area contributed by atoms with E-state index in [0.29, 0.717) is 11.7 Å². The summed E-state index contributed by atoms with van der Waals surface area (Å²) < 4.78 is 13.2. The van der Waals surface area contributed by atoms with Gasteiger partial charge in [-0.2, -0.15) is 0 Å².